The van der Waals surface area contributed by atoms with Gasteiger partial charge in [0.25, 0.3) is 0 Å². The molecule has 5 heteroatoms. The van der Waals surface area contributed by atoms with Crippen LogP contribution in [0.15, 0.2) is 0 Å². The van der Waals surface area contributed by atoms with Crippen molar-refractivity contribution in [2.75, 3.05) is 33.0 Å². The zero-order valence-corrected chi connectivity index (χ0v) is 12.4. The van der Waals surface area contributed by atoms with Crippen LogP contribution in [0.1, 0.15) is 40.0 Å². The van der Waals surface area contributed by atoms with E-state index < -0.39 is 0 Å². The molecule has 0 unspecified atom stereocenters. The number of ketones is 1. The average molecular weight is 273 g/mol. The summed E-state index contributed by atoms with van der Waals surface area (Å²) in [7, 11) is 0. The Morgan fingerprint density at radius 3 is 2.21 bits per heavy atom. The molecule has 0 aromatic heterocycles. The number of hydrogen-bond acceptors (Lipinski definition) is 4. The van der Waals surface area contributed by atoms with Crippen molar-refractivity contribution in [3.8, 4) is 0 Å². The quantitative estimate of drug-likeness (QED) is 0.548. The second kappa shape index (κ2) is 12.1. The summed E-state index contributed by atoms with van der Waals surface area (Å²) in [5, 5.41) is 2.70. The van der Waals surface area contributed by atoms with Gasteiger partial charge in [-0.2, -0.15) is 0 Å². The molecule has 0 saturated heterocycles. The van der Waals surface area contributed by atoms with E-state index in [9.17, 15) is 9.59 Å². The predicted octanol–water partition coefficient (Wildman–Crippen LogP) is 1.55. The molecule has 0 aliphatic carbocycles. The number of carbonyl (C=O) groups is 2. The Hall–Kier alpha value is -0.940. The summed E-state index contributed by atoms with van der Waals surface area (Å²) < 4.78 is 10.7. The van der Waals surface area contributed by atoms with Crippen LogP contribution in [0.4, 0.5) is 0 Å². The summed E-state index contributed by atoms with van der Waals surface area (Å²) in [6, 6.07) is 0. The average Bonchev–Trinajstić information content (AvgIpc) is 2.34. The van der Waals surface area contributed by atoms with Gasteiger partial charge in [0, 0.05) is 26.0 Å². The minimum Gasteiger partial charge on any atom is -0.379 e. The summed E-state index contributed by atoms with van der Waals surface area (Å²) >= 11 is 0. The van der Waals surface area contributed by atoms with E-state index in [1.54, 1.807) is 0 Å². The first kappa shape index (κ1) is 18.1. The van der Waals surface area contributed by atoms with Crippen molar-refractivity contribution in [2.45, 2.75) is 40.0 Å². The van der Waals surface area contributed by atoms with Gasteiger partial charge in [-0.15, -0.1) is 0 Å². The third-order valence-electron chi connectivity index (χ3n) is 2.48. The highest BCUT2D eigenvalue weighted by atomic mass is 16.5. The number of nitrogens with one attached hydrogen (secondary N) is 1. The highest BCUT2D eigenvalue weighted by Crippen LogP contribution is 1.98. The van der Waals surface area contributed by atoms with E-state index in [0.717, 1.165) is 13.0 Å². The van der Waals surface area contributed by atoms with Gasteiger partial charge in [0.2, 0.25) is 5.91 Å². The lowest BCUT2D eigenvalue weighted by Crippen LogP contribution is -2.27. The first-order valence-electron chi connectivity index (χ1n) is 6.94. The van der Waals surface area contributed by atoms with Gasteiger partial charge < -0.3 is 19.6 Å². The lowest BCUT2D eigenvalue weighted by atomic mass is 10.1. The highest BCUT2D eigenvalue weighted by molar-refractivity contribution is 5.83. The van der Waals surface area contributed by atoms with E-state index in [1.807, 2.05) is 0 Å². The molecule has 0 aliphatic heterocycles. The zero-order chi connectivity index (χ0) is 14.5. The van der Waals surface area contributed by atoms with Crippen molar-refractivity contribution in [1.29, 1.82) is 0 Å². The van der Waals surface area contributed by atoms with Gasteiger partial charge in [0.1, 0.15) is 5.78 Å². The molecule has 0 spiro atoms. The maximum atomic E-state index is 11.2. The van der Waals surface area contributed by atoms with Gasteiger partial charge in [-0.3, -0.25) is 4.79 Å². The van der Waals surface area contributed by atoms with Crippen molar-refractivity contribution in [2.24, 2.45) is 5.92 Å². The van der Waals surface area contributed by atoms with E-state index in [4.69, 9.17) is 9.47 Å². The summed E-state index contributed by atoms with van der Waals surface area (Å²) in [6.45, 7) is 8.65. The fourth-order valence-electron chi connectivity index (χ4n) is 1.28. The molecule has 0 aliphatic rings. The molecule has 0 aromatic carbocycles. The van der Waals surface area contributed by atoms with Crippen LogP contribution in [-0.2, 0) is 19.1 Å². The maximum absolute atomic E-state index is 11.2. The molecule has 0 fully saturated rings. The zero-order valence-electron chi connectivity index (χ0n) is 12.4. The molecule has 0 aromatic rings. The second-order valence-corrected chi connectivity index (χ2v) is 4.96. The summed E-state index contributed by atoms with van der Waals surface area (Å²) in [5.41, 5.74) is 0. The van der Waals surface area contributed by atoms with Crippen molar-refractivity contribution in [1.82, 2.24) is 5.32 Å². The molecule has 0 saturated carbocycles. The first-order valence-corrected chi connectivity index (χ1v) is 6.94. The van der Waals surface area contributed by atoms with Crippen LogP contribution in [0.2, 0.25) is 0 Å². The lowest BCUT2D eigenvalue weighted by Gasteiger charge is -2.08. The fraction of sp³-hybridized carbons (Fsp3) is 0.857. The van der Waals surface area contributed by atoms with E-state index >= 15 is 0 Å². The van der Waals surface area contributed by atoms with Gasteiger partial charge >= 0.3 is 0 Å². The Bertz CT molecular complexity index is 254. The molecular weight excluding hydrogens is 246 g/mol. The van der Waals surface area contributed by atoms with Gasteiger partial charge in [-0.25, -0.2) is 0 Å². The summed E-state index contributed by atoms with van der Waals surface area (Å²) in [5.74, 6) is 0.586. The van der Waals surface area contributed by atoms with Crippen LogP contribution >= 0.6 is 0 Å². The Balaban J connectivity index is 3.18. The fourth-order valence-corrected chi connectivity index (χ4v) is 1.28. The van der Waals surface area contributed by atoms with Crippen LogP contribution in [0, 0.1) is 5.92 Å². The third kappa shape index (κ3) is 15.0. The molecule has 5 nitrogen and oxygen atoms in total. The summed E-state index contributed by atoms with van der Waals surface area (Å²) in [6.07, 6.45) is 1.62. The Morgan fingerprint density at radius 2 is 1.63 bits per heavy atom. The van der Waals surface area contributed by atoms with Gasteiger partial charge in [-0.1, -0.05) is 13.8 Å². The number of Topliss-reactive ketones (excluding diaryl/α,β-unsaturated/α-hetero) is 1. The largest absolute Gasteiger partial charge is 0.379 e. The van der Waals surface area contributed by atoms with Crippen LogP contribution in [0.3, 0.4) is 0 Å². The second-order valence-electron chi connectivity index (χ2n) is 4.96. The molecule has 19 heavy (non-hydrogen) atoms. The maximum Gasteiger partial charge on any atom is 0.220 e. The Morgan fingerprint density at radius 1 is 1.00 bits per heavy atom. The minimum atomic E-state index is -0.105. The minimum absolute atomic E-state index is 0.0324. The number of hydrogen-bond donors (Lipinski definition) is 1. The third-order valence-corrected chi connectivity index (χ3v) is 2.48. The summed E-state index contributed by atoms with van der Waals surface area (Å²) in [4.78, 5) is 21.9. The molecule has 112 valence electrons. The van der Waals surface area contributed by atoms with Crippen molar-refractivity contribution in [3.63, 3.8) is 0 Å². The standard InChI is InChI=1S/C14H27NO4/c1-12(2)6-8-18-10-11-19-9-7-15-14(17)5-4-13(3)16/h12H,4-11H2,1-3H3,(H,15,17). The molecule has 0 heterocycles. The highest BCUT2D eigenvalue weighted by Gasteiger charge is 2.02. The molecule has 1 N–H and O–H groups in total. The number of rotatable bonds is 12. The van der Waals surface area contributed by atoms with Gasteiger partial charge in [0.15, 0.2) is 0 Å². The van der Waals surface area contributed by atoms with Crippen LogP contribution in [0.25, 0.3) is 0 Å². The predicted molar refractivity (Wildman–Crippen MR) is 74.0 cm³/mol. The number of amides is 1. The molecule has 0 rings (SSSR count). The van der Waals surface area contributed by atoms with Crippen LogP contribution < -0.4 is 5.32 Å². The smallest absolute Gasteiger partial charge is 0.220 e. The topological polar surface area (TPSA) is 64.6 Å². The SMILES string of the molecule is CC(=O)CCC(=O)NCCOCCOCCC(C)C. The van der Waals surface area contributed by atoms with E-state index in [-0.39, 0.29) is 18.1 Å². The first-order chi connectivity index (χ1) is 9.02. The Kier molecular flexibility index (Phi) is 11.5. The molecular formula is C14H27NO4. The van der Waals surface area contributed by atoms with Gasteiger partial charge in [0.05, 0.1) is 19.8 Å². The molecule has 0 bridgehead atoms. The lowest BCUT2D eigenvalue weighted by molar-refractivity contribution is -0.124. The number of carbonyl (C=O) groups excluding carboxylic acids is 2. The van der Waals surface area contributed by atoms with E-state index in [0.29, 0.717) is 38.7 Å². The van der Waals surface area contributed by atoms with Gasteiger partial charge in [-0.05, 0) is 19.3 Å². The molecule has 0 atom stereocenters. The van der Waals surface area contributed by atoms with E-state index in [2.05, 4.69) is 19.2 Å². The van der Waals surface area contributed by atoms with Crippen molar-refractivity contribution >= 4 is 11.7 Å². The molecule has 1 amide bonds. The molecule has 0 radical (unpaired) electrons. The van der Waals surface area contributed by atoms with Crippen LogP contribution in [0.5, 0.6) is 0 Å². The number of ether oxygens (including phenoxy) is 2. The van der Waals surface area contributed by atoms with Crippen LogP contribution in [-0.4, -0.2) is 44.7 Å². The monoisotopic (exact) mass is 273 g/mol. The normalized spacial score (nSPS) is 10.7. The van der Waals surface area contributed by atoms with Crippen molar-refractivity contribution in [3.05, 3.63) is 0 Å². The Labute approximate surface area is 116 Å². The van der Waals surface area contributed by atoms with E-state index in [1.165, 1.54) is 6.92 Å². The van der Waals surface area contributed by atoms with Crippen molar-refractivity contribution < 1.29 is 19.1 Å².